The van der Waals surface area contributed by atoms with Crippen LogP contribution in [0.25, 0.3) is 0 Å². The van der Waals surface area contributed by atoms with Crippen LogP contribution in [0.15, 0.2) is 12.3 Å². The first-order chi connectivity index (χ1) is 7.72. The van der Waals surface area contributed by atoms with Gasteiger partial charge in [0.2, 0.25) is 0 Å². The monoisotopic (exact) mass is 240 g/mol. The minimum Gasteiger partial charge on any atom is -0.365 e. The first-order valence-corrected chi connectivity index (χ1v) is 6.18. The second kappa shape index (κ2) is 3.88. The molecule has 86 valence electrons. The normalized spacial score (nSPS) is 32.0. The van der Waals surface area contributed by atoms with Crippen molar-refractivity contribution in [3.05, 3.63) is 23.1 Å². The van der Waals surface area contributed by atoms with Gasteiger partial charge < -0.3 is 5.32 Å². The third-order valence-electron chi connectivity index (χ3n) is 3.87. The Morgan fingerprint density at radius 3 is 2.88 bits per heavy atom. The molecule has 16 heavy (non-hydrogen) atoms. The largest absolute Gasteiger partial charge is 0.365 e. The molecule has 1 N–H and O–H groups in total. The molecule has 0 amide bonds. The maximum Gasteiger partial charge on any atom is 0.166 e. The van der Waals surface area contributed by atoms with Crippen molar-refractivity contribution in [3.8, 4) is 0 Å². The van der Waals surface area contributed by atoms with E-state index in [9.17, 15) is 4.39 Å². The van der Waals surface area contributed by atoms with E-state index in [1.54, 1.807) is 0 Å². The molecule has 0 saturated heterocycles. The zero-order valence-electron chi connectivity index (χ0n) is 8.92. The van der Waals surface area contributed by atoms with Gasteiger partial charge >= 0.3 is 0 Å². The Labute approximate surface area is 99.2 Å². The lowest BCUT2D eigenvalue weighted by Gasteiger charge is -2.23. The Bertz CT molecular complexity index is 410. The van der Waals surface area contributed by atoms with Crippen molar-refractivity contribution in [1.29, 1.82) is 0 Å². The third kappa shape index (κ3) is 1.77. The predicted octanol–water partition coefficient (Wildman–Crippen LogP) is 3.47. The van der Waals surface area contributed by atoms with Crippen LogP contribution in [0.4, 0.5) is 10.2 Å². The molecule has 0 aliphatic heterocycles. The number of pyridine rings is 1. The summed E-state index contributed by atoms with van der Waals surface area (Å²) in [6.07, 6.45) is 6.57. The van der Waals surface area contributed by atoms with Gasteiger partial charge in [0.1, 0.15) is 0 Å². The molecule has 3 rings (SSSR count). The molecule has 3 atom stereocenters. The molecule has 1 aromatic heterocycles. The Morgan fingerprint density at radius 1 is 1.38 bits per heavy atom. The lowest BCUT2D eigenvalue weighted by Crippen LogP contribution is -2.26. The number of fused-ring (bicyclic) bond motifs is 2. The maximum atomic E-state index is 13.5. The van der Waals surface area contributed by atoms with Gasteiger partial charge in [0.15, 0.2) is 11.6 Å². The minimum atomic E-state index is -0.352. The molecular weight excluding hydrogens is 227 g/mol. The van der Waals surface area contributed by atoms with Crippen LogP contribution in [0.3, 0.4) is 0 Å². The molecule has 1 heterocycles. The van der Waals surface area contributed by atoms with Gasteiger partial charge in [0.25, 0.3) is 0 Å². The zero-order valence-corrected chi connectivity index (χ0v) is 9.67. The summed E-state index contributed by atoms with van der Waals surface area (Å²) in [5, 5.41) is 3.57. The van der Waals surface area contributed by atoms with Crippen molar-refractivity contribution in [2.24, 2.45) is 11.8 Å². The second-order valence-corrected chi connectivity index (χ2v) is 5.35. The van der Waals surface area contributed by atoms with E-state index in [0.29, 0.717) is 22.8 Å². The van der Waals surface area contributed by atoms with Gasteiger partial charge in [-0.25, -0.2) is 9.37 Å². The van der Waals surface area contributed by atoms with E-state index in [1.807, 2.05) is 0 Å². The van der Waals surface area contributed by atoms with Crippen molar-refractivity contribution in [2.45, 2.75) is 31.7 Å². The van der Waals surface area contributed by atoms with E-state index in [4.69, 9.17) is 11.6 Å². The molecular formula is C12H14ClFN2. The first-order valence-electron chi connectivity index (χ1n) is 5.80. The summed E-state index contributed by atoms with van der Waals surface area (Å²) in [7, 11) is 0. The minimum absolute atomic E-state index is 0.344. The first kappa shape index (κ1) is 10.3. The van der Waals surface area contributed by atoms with Crippen molar-refractivity contribution in [3.63, 3.8) is 0 Å². The average Bonchev–Trinajstić information content (AvgIpc) is 2.84. The number of nitrogens with one attached hydrogen (secondary N) is 1. The van der Waals surface area contributed by atoms with Crippen LogP contribution in [-0.2, 0) is 0 Å². The molecule has 2 bridgehead atoms. The van der Waals surface area contributed by atoms with Crippen molar-refractivity contribution in [2.75, 3.05) is 5.32 Å². The molecule has 2 fully saturated rings. The average molecular weight is 241 g/mol. The molecule has 2 aliphatic carbocycles. The Kier molecular flexibility index (Phi) is 2.51. The predicted molar refractivity (Wildman–Crippen MR) is 62.1 cm³/mol. The fraction of sp³-hybridized carbons (Fsp3) is 0.583. The molecule has 2 aliphatic rings. The van der Waals surface area contributed by atoms with E-state index < -0.39 is 0 Å². The molecule has 0 aromatic carbocycles. The Morgan fingerprint density at radius 2 is 2.25 bits per heavy atom. The van der Waals surface area contributed by atoms with Crippen molar-refractivity contribution < 1.29 is 4.39 Å². The van der Waals surface area contributed by atoms with Crippen LogP contribution in [0, 0.1) is 17.7 Å². The van der Waals surface area contributed by atoms with Crippen LogP contribution < -0.4 is 5.32 Å². The number of halogens is 2. The third-order valence-corrected chi connectivity index (χ3v) is 4.07. The van der Waals surface area contributed by atoms with Crippen LogP contribution in [0.1, 0.15) is 25.7 Å². The molecule has 4 heteroatoms. The van der Waals surface area contributed by atoms with Crippen LogP contribution in [0.2, 0.25) is 5.02 Å². The van der Waals surface area contributed by atoms with Gasteiger partial charge in [0, 0.05) is 12.2 Å². The number of aromatic nitrogens is 1. The van der Waals surface area contributed by atoms with Crippen molar-refractivity contribution in [1.82, 2.24) is 4.98 Å². The summed E-state index contributed by atoms with van der Waals surface area (Å²) < 4.78 is 13.5. The summed E-state index contributed by atoms with van der Waals surface area (Å²) in [6.45, 7) is 0. The number of hydrogen-bond acceptors (Lipinski definition) is 2. The Balaban J connectivity index is 1.74. The maximum absolute atomic E-state index is 13.5. The highest BCUT2D eigenvalue weighted by Gasteiger charge is 2.39. The zero-order chi connectivity index (χ0) is 11.1. The van der Waals surface area contributed by atoms with Gasteiger partial charge in [0.05, 0.1) is 5.02 Å². The number of anilines is 1. The van der Waals surface area contributed by atoms with Crippen LogP contribution >= 0.6 is 11.6 Å². The van der Waals surface area contributed by atoms with E-state index >= 15 is 0 Å². The van der Waals surface area contributed by atoms with E-state index in [0.717, 1.165) is 12.3 Å². The summed E-state index contributed by atoms with van der Waals surface area (Å²) in [5.41, 5.74) is 0. The van der Waals surface area contributed by atoms with Gasteiger partial charge in [-0.2, -0.15) is 0 Å². The molecule has 0 radical (unpaired) electrons. The fourth-order valence-electron chi connectivity index (χ4n) is 3.12. The lowest BCUT2D eigenvalue weighted by atomic mass is 9.95. The lowest BCUT2D eigenvalue weighted by molar-refractivity contribution is 0.437. The number of rotatable bonds is 2. The molecule has 0 spiro atoms. The quantitative estimate of drug-likeness (QED) is 0.856. The second-order valence-electron chi connectivity index (χ2n) is 4.91. The number of hydrogen-bond donors (Lipinski definition) is 1. The molecule has 1 aromatic rings. The fourth-order valence-corrected chi connectivity index (χ4v) is 3.26. The van der Waals surface area contributed by atoms with Gasteiger partial charge in [-0.3, -0.25) is 0 Å². The molecule has 3 unspecified atom stereocenters. The van der Waals surface area contributed by atoms with E-state index in [2.05, 4.69) is 10.3 Å². The SMILES string of the molecule is Fc1cc(Cl)cnc1NC1CC2CCC1C2. The smallest absolute Gasteiger partial charge is 0.166 e. The van der Waals surface area contributed by atoms with Gasteiger partial charge in [-0.1, -0.05) is 18.0 Å². The molecule has 2 saturated carbocycles. The van der Waals surface area contributed by atoms with Gasteiger partial charge in [-0.15, -0.1) is 0 Å². The van der Waals surface area contributed by atoms with E-state index in [1.165, 1.54) is 31.5 Å². The Hall–Kier alpha value is -0.830. The standard InChI is InChI=1S/C12H14ClFN2/c13-9-5-10(14)12(15-6-9)16-11-4-7-1-2-8(11)3-7/h5-8,11H,1-4H2,(H,15,16). The van der Waals surface area contributed by atoms with Crippen LogP contribution in [-0.4, -0.2) is 11.0 Å². The number of nitrogens with zero attached hydrogens (tertiary/aromatic N) is 1. The van der Waals surface area contributed by atoms with Gasteiger partial charge in [-0.05, 0) is 37.2 Å². The summed E-state index contributed by atoms with van der Waals surface area (Å²) in [4.78, 5) is 4.01. The van der Waals surface area contributed by atoms with Crippen LogP contribution in [0.5, 0.6) is 0 Å². The summed E-state index contributed by atoms with van der Waals surface area (Å²) >= 11 is 5.67. The highest BCUT2D eigenvalue weighted by molar-refractivity contribution is 6.30. The summed E-state index contributed by atoms with van der Waals surface area (Å²) in [5.74, 6) is 1.55. The molecule has 2 nitrogen and oxygen atoms in total. The summed E-state index contributed by atoms with van der Waals surface area (Å²) in [6, 6.07) is 1.71. The van der Waals surface area contributed by atoms with E-state index in [-0.39, 0.29) is 5.82 Å². The highest BCUT2D eigenvalue weighted by atomic mass is 35.5. The van der Waals surface area contributed by atoms with Crippen molar-refractivity contribution >= 4 is 17.4 Å². The highest BCUT2D eigenvalue weighted by Crippen LogP contribution is 2.45. The topological polar surface area (TPSA) is 24.9 Å².